The van der Waals surface area contributed by atoms with Crippen molar-refractivity contribution in [3.05, 3.63) is 42.4 Å². The van der Waals surface area contributed by atoms with Crippen molar-refractivity contribution in [2.45, 2.75) is 19.6 Å². The largest absolute Gasteiger partial charge is 0.481 e. The number of nitrogens with zero attached hydrogens (tertiary/aromatic N) is 1. The molecule has 1 aromatic carbocycles. The second-order valence-electron chi connectivity index (χ2n) is 4.42. The van der Waals surface area contributed by atoms with Gasteiger partial charge in [0.05, 0.1) is 18.5 Å². The molecule has 98 valence electrons. The summed E-state index contributed by atoms with van der Waals surface area (Å²) in [7, 11) is 0. The van der Waals surface area contributed by atoms with Gasteiger partial charge in [-0.05, 0) is 37.3 Å². The summed E-state index contributed by atoms with van der Waals surface area (Å²) in [5.41, 5.74) is 7.30. The van der Waals surface area contributed by atoms with E-state index in [2.05, 4.69) is 10.3 Å². The first-order chi connectivity index (χ1) is 9.22. The molecule has 3 N–H and O–H groups in total. The number of nitrogens with one attached hydrogen (secondary N) is 1. The van der Waals surface area contributed by atoms with Crippen molar-refractivity contribution in [1.82, 2.24) is 0 Å². The van der Waals surface area contributed by atoms with E-state index in [9.17, 15) is 0 Å². The zero-order valence-electron chi connectivity index (χ0n) is 10.6. The molecule has 0 amide bonds. The monoisotopic (exact) mass is 257 g/mol. The number of ether oxygens (including phenoxy) is 1. The number of anilines is 2. The van der Waals surface area contributed by atoms with Crippen molar-refractivity contribution in [3.8, 4) is 5.75 Å². The van der Waals surface area contributed by atoms with Gasteiger partial charge in [0.1, 0.15) is 17.3 Å². The normalized spacial score (nSPS) is 19.6. The highest BCUT2D eigenvalue weighted by molar-refractivity contribution is 6.01. The maximum atomic E-state index is 5.79. The first kappa shape index (κ1) is 11.6. The second kappa shape index (κ2) is 4.68. The van der Waals surface area contributed by atoms with Crippen molar-refractivity contribution < 1.29 is 9.15 Å². The number of amidine groups is 1. The Morgan fingerprint density at radius 2 is 2.26 bits per heavy atom. The third kappa shape index (κ3) is 2.40. The SMILES string of the molecule is CC1Oc2ccc(N)cc2NC1=NCc1ccco1. The lowest BCUT2D eigenvalue weighted by molar-refractivity contribution is 0.282. The lowest BCUT2D eigenvalue weighted by Gasteiger charge is -2.26. The lowest BCUT2D eigenvalue weighted by atomic mass is 10.2. The van der Waals surface area contributed by atoms with E-state index in [0.717, 1.165) is 23.0 Å². The summed E-state index contributed by atoms with van der Waals surface area (Å²) >= 11 is 0. The van der Waals surface area contributed by atoms with Crippen LogP contribution in [0.3, 0.4) is 0 Å². The number of hydrogen-bond acceptors (Lipinski definition) is 4. The smallest absolute Gasteiger partial charge is 0.153 e. The van der Waals surface area contributed by atoms with Crippen LogP contribution in [0.1, 0.15) is 12.7 Å². The fourth-order valence-electron chi connectivity index (χ4n) is 1.97. The summed E-state index contributed by atoms with van der Waals surface area (Å²) in [6, 6.07) is 9.25. The molecule has 1 atom stereocenters. The van der Waals surface area contributed by atoms with Crippen LogP contribution in [0, 0.1) is 0 Å². The number of benzene rings is 1. The quantitative estimate of drug-likeness (QED) is 0.811. The van der Waals surface area contributed by atoms with Gasteiger partial charge in [0.15, 0.2) is 6.10 Å². The Labute approximate surface area is 111 Å². The zero-order valence-corrected chi connectivity index (χ0v) is 10.6. The van der Waals surface area contributed by atoms with Crippen LogP contribution in [0.25, 0.3) is 0 Å². The van der Waals surface area contributed by atoms with Crippen LogP contribution >= 0.6 is 0 Å². The van der Waals surface area contributed by atoms with Crippen molar-refractivity contribution in [3.63, 3.8) is 0 Å². The highest BCUT2D eigenvalue weighted by Gasteiger charge is 2.21. The molecule has 3 rings (SSSR count). The van der Waals surface area contributed by atoms with Gasteiger partial charge >= 0.3 is 0 Å². The van der Waals surface area contributed by atoms with Gasteiger partial charge in [0.2, 0.25) is 0 Å². The molecule has 5 heteroatoms. The van der Waals surface area contributed by atoms with E-state index in [0.29, 0.717) is 12.2 Å². The van der Waals surface area contributed by atoms with E-state index >= 15 is 0 Å². The second-order valence-corrected chi connectivity index (χ2v) is 4.42. The zero-order chi connectivity index (χ0) is 13.2. The van der Waals surface area contributed by atoms with E-state index < -0.39 is 0 Å². The molecule has 1 aromatic heterocycles. The van der Waals surface area contributed by atoms with Crippen LogP contribution in [-0.4, -0.2) is 11.9 Å². The van der Waals surface area contributed by atoms with Crippen molar-refractivity contribution in [2.75, 3.05) is 11.1 Å². The van der Waals surface area contributed by atoms with Gasteiger partial charge in [-0.2, -0.15) is 0 Å². The van der Waals surface area contributed by atoms with Gasteiger partial charge in [-0.3, -0.25) is 4.99 Å². The van der Waals surface area contributed by atoms with Gasteiger partial charge in [0, 0.05) is 5.69 Å². The Bertz CT molecular complexity index is 605. The number of fused-ring (bicyclic) bond motifs is 1. The Morgan fingerprint density at radius 3 is 3.05 bits per heavy atom. The predicted octanol–water partition coefficient (Wildman–Crippen LogP) is 2.65. The predicted molar refractivity (Wildman–Crippen MR) is 74.4 cm³/mol. The number of nitrogen functional groups attached to an aromatic ring is 1. The molecular formula is C14H15N3O2. The standard InChI is InChI=1S/C14H15N3O2/c1-9-14(16-8-11-3-2-6-18-11)17-12-7-10(15)4-5-13(12)19-9/h2-7,9H,8,15H2,1H3,(H,16,17). The Balaban J connectivity index is 1.82. The van der Waals surface area contributed by atoms with Crippen molar-refractivity contribution in [2.24, 2.45) is 4.99 Å². The number of hydrogen-bond donors (Lipinski definition) is 2. The molecule has 1 unspecified atom stereocenters. The maximum absolute atomic E-state index is 5.79. The highest BCUT2D eigenvalue weighted by atomic mass is 16.5. The van der Waals surface area contributed by atoms with Crippen molar-refractivity contribution >= 4 is 17.2 Å². The molecule has 2 aromatic rings. The molecule has 2 heterocycles. The molecule has 0 spiro atoms. The average Bonchev–Trinajstić information content (AvgIpc) is 2.90. The third-order valence-electron chi connectivity index (χ3n) is 2.94. The minimum Gasteiger partial charge on any atom is -0.481 e. The maximum Gasteiger partial charge on any atom is 0.153 e. The molecule has 0 saturated heterocycles. The summed E-state index contributed by atoms with van der Waals surface area (Å²) in [6.07, 6.45) is 1.52. The van der Waals surface area contributed by atoms with Gasteiger partial charge in [-0.15, -0.1) is 0 Å². The van der Waals surface area contributed by atoms with Crippen molar-refractivity contribution in [1.29, 1.82) is 0 Å². The molecule has 0 fully saturated rings. The van der Waals surface area contributed by atoms with Gasteiger partial charge in [0.25, 0.3) is 0 Å². The molecule has 0 saturated carbocycles. The Morgan fingerprint density at radius 1 is 1.37 bits per heavy atom. The Hall–Kier alpha value is -2.43. The molecule has 5 nitrogen and oxygen atoms in total. The molecule has 0 radical (unpaired) electrons. The first-order valence-corrected chi connectivity index (χ1v) is 6.12. The summed E-state index contributed by atoms with van der Waals surface area (Å²) in [5.74, 6) is 2.38. The summed E-state index contributed by atoms with van der Waals surface area (Å²) in [4.78, 5) is 4.48. The molecular weight excluding hydrogens is 242 g/mol. The number of aliphatic imine (C=N–C) groups is 1. The van der Waals surface area contributed by atoms with Crippen LogP contribution in [-0.2, 0) is 6.54 Å². The van der Waals surface area contributed by atoms with E-state index in [1.54, 1.807) is 6.26 Å². The van der Waals surface area contributed by atoms with Crippen LogP contribution < -0.4 is 15.8 Å². The lowest BCUT2D eigenvalue weighted by Crippen LogP contribution is -2.34. The molecule has 1 aliphatic rings. The van der Waals surface area contributed by atoms with Crippen LogP contribution in [0.15, 0.2) is 46.0 Å². The topological polar surface area (TPSA) is 72.8 Å². The van der Waals surface area contributed by atoms with Gasteiger partial charge < -0.3 is 20.2 Å². The van der Waals surface area contributed by atoms with Gasteiger partial charge in [-0.25, -0.2) is 0 Å². The number of furan rings is 1. The molecule has 1 aliphatic heterocycles. The Kier molecular flexibility index (Phi) is 2.87. The number of rotatable bonds is 2. The highest BCUT2D eigenvalue weighted by Crippen LogP contribution is 2.31. The van der Waals surface area contributed by atoms with Gasteiger partial charge in [-0.1, -0.05) is 0 Å². The minimum absolute atomic E-state index is 0.119. The average molecular weight is 257 g/mol. The molecule has 0 bridgehead atoms. The van der Waals surface area contributed by atoms with E-state index in [1.807, 2.05) is 37.3 Å². The fraction of sp³-hybridized carbons (Fsp3) is 0.214. The van der Waals surface area contributed by atoms with E-state index in [1.165, 1.54) is 0 Å². The molecule has 0 aliphatic carbocycles. The van der Waals surface area contributed by atoms with Crippen LogP contribution in [0.4, 0.5) is 11.4 Å². The van der Waals surface area contributed by atoms with Crippen LogP contribution in [0.2, 0.25) is 0 Å². The first-order valence-electron chi connectivity index (χ1n) is 6.12. The summed E-state index contributed by atoms with van der Waals surface area (Å²) < 4.78 is 11.0. The van der Waals surface area contributed by atoms with Crippen LogP contribution in [0.5, 0.6) is 5.75 Å². The summed E-state index contributed by atoms with van der Waals surface area (Å²) in [5, 5.41) is 3.25. The minimum atomic E-state index is -0.119. The van der Waals surface area contributed by atoms with E-state index in [4.69, 9.17) is 14.9 Å². The molecule has 19 heavy (non-hydrogen) atoms. The number of nitrogens with two attached hydrogens (primary N) is 1. The summed E-state index contributed by atoms with van der Waals surface area (Å²) in [6.45, 7) is 2.44. The third-order valence-corrected chi connectivity index (χ3v) is 2.94. The van der Waals surface area contributed by atoms with E-state index in [-0.39, 0.29) is 6.10 Å². The fourth-order valence-corrected chi connectivity index (χ4v) is 1.97.